The summed E-state index contributed by atoms with van der Waals surface area (Å²) in [5, 5.41) is 20.5. The van der Waals surface area contributed by atoms with E-state index in [4.69, 9.17) is 9.47 Å². The maximum absolute atomic E-state index is 9.68. The summed E-state index contributed by atoms with van der Waals surface area (Å²) in [6, 6.07) is 0. The molecule has 0 spiro atoms. The van der Waals surface area contributed by atoms with E-state index in [1.165, 1.54) is 5.28 Å². The van der Waals surface area contributed by atoms with Crippen LogP contribution in [0.2, 0.25) is 5.28 Å². The Kier molecular flexibility index (Phi) is 27.9. The summed E-state index contributed by atoms with van der Waals surface area (Å²) in [6.07, 6.45) is -0.0122. The van der Waals surface area contributed by atoms with E-state index in [9.17, 15) is 19.8 Å². The molecule has 0 N–H and O–H groups in total. The number of hydrogen-bond acceptors (Lipinski definition) is 6. The van der Waals surface area contributed by atoms with Gasteiger partial charge in [-0.05, 0) is 13.8 Å². The van der Waals surface area contributed by atoms with Crippen LogP contribution in [0.1, 0.15) is 33.6 Å². The Morgan fingerprint density at radius 2 is 1.16 bits per heavy atom. The molecule has 19 heavy (non-hydrogen) atoms. The van der Waals surface area contributed by atoms with Crippen molar-refractivity contribution in [2.75, 3.05) is 26.4 Å². The van der Waals surface area contributed by atoms with Crippen LogP contribution >= 0.6 is 0 Å². The average Bonchev–Trinajstić information content (AvgIpc) is 2.31. The predicted octanol–water partition coefficient (Wildman–Crippen LogP) is -1.08. The SMILES string of the molecule is CCOCCC(=O)[O-].CCOCCC(=O)[O-].C[CH2][Al+2]. The molecule has 0 unspecified atom stereocenters. The molecule has 0 atom stereocenters. The topological polar surface area (TPSA) is 98.7 Å². The van der Waals surface area contributed by atoms with Gasteiger partial charge in [-0.25, -0.2) is 0 Å². The molecule has 0 amide bonds. The van der Waals surface area contributed by atoms with Crippen LogP contribution in [0, 0.1) is 0 Å². The quantitative estimate of drug-likeness (QED) is 0.416. The van der Waals surface area contributed by atoms with Crippen LogP contribution < -0.4 is 10.2 Å². The molecule has 0 rings (SSSR count). The molecule has 0 aromatic carbocycles. The van der Waals surface area contributed by atoms with Crippen LogP contribution in [0.3, 0.4) is 0 Å². The molecule has 0 aromatic heterocycles. The van der Waals surface area contributed by atoms with Gasteiger partial charge in [0.1, 0.15) is 0 Å². The standard InChI is InChI=1S/2C5H10O3.C2H5.Al/c2*1-2-8-4-3-5(6)7;1-2;/h2*2-4H2,1H3,(H,6,7);1H2,2H3;/q;;;+2/p-2. The first-order valence-electron chi connectivity index (χ1n) is 6.21. The van der Waals surface area contributed by atoms with Crippen molar-refractivity contribution in [1.82, 2.24) is 0 Å². The Hall–Kier alpha value is -0.608. The molecule has 110 valence electrons. The van der Waals surface area contributed by atoms with Gasteiger partial charge in [0, 0.05) is 38.0 Å². The minimum absolute atomic E-state index is 0.00611. The predicted molar refractivity (Wildman–Crippen MR) is 68.5 cm³/mol. The summed E-state index contributed by atoms with van der Waals surface area (Å²) in [6.45, 7) is 7.37. The van der Waals surface area contributed by atoms with Gasteiger partial charge < -0.3 is 29.3 Å². The van der Waals surface area contributed by atoms with Crippen LogP contribution in [0.4, 0.5) is 0 Å². The van der Waals surface area contributed by atoms with Gasteiger partial charge in [-0.15, -0.1) is 0 Å². The Morgan fingerprint density at radius 1 is 0.895 bits per heavy atom. The van der Waals surface area contributed by atoms with Gasteiger partial charge in [-0.1, -0.05) is 0 Å². The molecule has 0 saturated heterocycles. The number of aliphatic carboxylic acids is 2. The molecular weight excluding hydrogens is 267 g/mol. The number of rotatable bonds is 8. The normalized spacial score (nSPS) is 8.68. The first-order chi connectivity index (χ1) is 8.95. The molecule has 0 radical (unpaired) electrons. The van der Waals surface area contributed by atoms with Gasteiger partial charge in [0.2, 0.25) is 0 Å². The molecule has 6 nitrogen and oxygen atoms in total. The zero-order valence-corrected chi connectivity index (χ0v) is 13.1. The van der Waals surface area contributed by atoms with E-state index in [1.807, 2.05) is 13.8 Å². The number of carboxylic acids is 2. The Balaban J connectivity index is -0.000000224. The molecule has 0 aliphatic heterocycles. The van der Waals surface area contributed by atoms with E-state index < -0.39 is 11.9 Å². The van der Waals surface area contributed by atoms with Crippen LogP contribution in [0.5, 0.6) is 0 Å². The van der Waals surface area contributed by atoms with Gasteiger partial charge in [0.25, 0.3) is 0 Å². The van der Waals surface area contributed by atoms with Crippen molar-refractivity contribution in [3.63, 3.8) is 0 Å². The fourth-order valence-corrected chi connectivity index (χ4v) is 0.600. The zero-order valence-electron chi connectivity index (χ0n) is 12.0. The number of carbonyl (C=O) groups excluding carboxylic acids is 2. The second kappa shape index (κ2) is 22.6. The number of carboxylic acid groups (broad SMARTS) is 2. The van der Waals surface area contributed by atoms with E-state index in [2.05, 4.69) is 23.2 Å². The van der Waals surface area contributed by atoms with E-state index in [0.717, 1.165) is 0 Å². The summed E-state index contributed by atoms with van der Waals surface area (Å²) in [7, 11) is 0. The molecule has 0 fully saturated rings. The van der Waals surface area contributed by atoms with Gasteiger partial charge in [-0.2, -0.15) is 0 Å². The molecular formula is C12H23AlO6. The summed E-state index contributed by atoms with van der Waals surface area (Å²) < 4.78 is 9.45. The second-order valence-electron chi connectivity index (χ2n) is 3.05. The number of hydrogen-bond donors (Lipinski definition) is 0. The van der Waals surface area contributed by atoms with E-state index in [0.29, 0.717) is 13.2 Å². The first-order valence-corrected chi connectivity index (χ1v) is 7.02. The van der Waals surface area contributed by atoms with Crippen molar-refractivity contribution >= 4 is 28.2 Å². The molecule has 0 bridgehead atoms. The van der Waals surface area contributed by atoms with Crippen molar-refractivity contribution < 1.29 is 29.3 Å². The molecule has 0 aliphatic carbocycles. The average molecular weight is 290 g/mol. The molecule has 0 aliphatic rings. The van der Waals surface area contributed by atoms with Gasteiger partial charge in [-0.3, -0.25) is 0 Å². The van der Waals surface area contributed by atoms with Crippen LogP contribution in [-0.2, 0) is 19.1 Å². The fraction of sp³-hybridized carbons (Fsp3) is 0.833. The fourth-order valence-electron chi connectivity index (χ4n) is 0.600. The molecule has 0 heterocycles. The van der Waals surface area contributed by atoms with Crippen molar-refractivity contribution in [1.29, 1.82) is 0 Å². The Bertz CT molecular complexity index is 179. The van der Waals surface area contributed by atoms with Gasteiger partial charge in [0.05, 0.1) is 13.2 Å². The Labute approximate surface area is 123 Å². The third kappa shape index (κ3) is 46.7. The van der Waals surface area contributed by atoms with E-state index >= 15 is 0 Å². The maximum atomic E-state index is 9.68. The Morgan fingerprint density at radius 3 is 1.32 bits per heavy atom. The van der Waals surface area contributed by atoms with Crippen molar-refractivity contribution in [2.45, 2.75) is 38.9 Å². The minimum atomic E-state index is -1.06. The van der Waals surface area contributed by atoms with Crippen LogP contribution in [-0.4, -0.2) is 54.7 Å². The van der Waals surface area contributed by atoms with Crippen molar-refractivity contribution in [3.8, 4) is 0 Å². The van der Waals surface area contributed by atoms with Crippen molar-refractivity contribution in [2.24, 2.45) is 0 Å². The summed E-state index contributed by atoms with van der Waals surface area (Å²) in [4.78, 5) is 19.4. The van der Waals surface area contributed by atoms with E-state index in [-0.39, 0.29) is 26.1 Å². The molecule has 0 saturated carbocycles. The monoisotopic (exact) mass is 290 g/mol. The number of ether oxygens (including phenoxy) is 2. The van der Waals surface area contributed by atoms with Gasteiger partial charge in [0.15, 0.2) is 0 Å². The third-order valence-corrected chi connectivity index (χ3v) is 1.31. The third-order valence-electron chi connectivity index (χ3n) is 1.31. The summed E-state index contributed by atoms with van der Waals surface area (Å²) in [5.41, 5.74) is 0. The second-order valence-corrected chi connectivity index (χ2v) is 3.86. The zero-order chi connectivity index (χ0) is 15.5. The van der Waals surface area contributed by atoms with E-state index in [1.54, 1.807) is 0 Å². The molecule has 7 heteroatoms. The summed E-state index contributed by atoms with van der Waals surface area (Å²) >= 11 is 2.58. The van der Waals surface area contributed by atoms with Crippen LogP contribution in [0.25, 0.3) is 0 Å². The first kappa shape index (κ1) is 23.5. The van der Waals surface area contributed by atoms with Gasteiger partial charge >= 0.3 is 28.5 Å². The number of carbonyl (C=O) groups is 2. The van der Waals surface area contributed by atoms with Crippen LogP contribution in [0.15, 0.2) is 0 Å². The van der Waals surface area contributed by atoms with Crippen molar-refractivity contribution in [3.05, 3.63) is 0 Å². The molecule has 0 aromatic rings. The summed E-state index contributed by atoms with van der Waals surface area (Å²) in [5.74, 6) is -2.11.